The van der Waals surface area contributed by atoms with Crippen molar-refractivity contribution < 1.29 is 18.4 Å². The molecule has 3 rings (SSSR count). The number of nitrogens with zero attached hydrogens (tertiary/aromatic N) is 3. The third-order valence-electron chi connectivity index (χ3n) is 4.56. The third kappa shape index (κ3) is 3.99. The maximum absolute atomic E-state index is 14.1. The van der Waals surface area contributed by atoms with Crippen LogP contribution in [0.2, 0.25) is 0 Å². The van der Waals surface area contributed by atoms with E-state index in [1.807, 2.05) is 6.07 Å². The summed E-state index contributed by atoms with van der Waals surface area (Å²) >= 11 is 0. The van der Waals surface area contributed by atoms with Crippen molar-refractivity contribution in [2.45, 2.75) is 19.5 Å². The van der Waals surface area contributed by atoms with Gasteiger partial charge in [0.25, 0.3) is 0 Å². The molecule has 0 saturated carbocycles. The zero-order valence-electron chi connectivity index (χ0n) is 15.3. The van der Waals surface area contributed by atoms with Crippen LogP contribution in [0.15, 0.2) is 30.3 Å². The fraction of sp³-hybridized carbons (Fsp3) is 0.200. The first-order valence-corrected chi connectivity index (χ1v) is 8.60. The summed E-state index contributed by atoms with van der Waals surface area (Å²) in [5.74, 6) is -1.90. The number of carbonyl (C=O) groups is 2. The molecule has 146 valence electrons. The number of urea groups is 1. The summed E-state index contributed by atoms with van der Waals surface area (Å²) in [6.45, 7) is 1.08. The van der Waals surface area contributed by atoms with Crippen molar-refractivity contribution in [3.63, 3.8) is 0 Å². The number of nitrogens with one attached hydrogen (secondary N) is 2. The minimum absolute atomic E-state index is 0.116. The first-order chi connectivity index (χ1) is 13.8. The van der Waals surface area contributed by atoms with Gasteiger partial charge >= 0.3 is 6.03 Å². The van der Waals surface area contributed by atoms with E-state index < -0.39 is 29.6 Å². The average molecular weight is 395 g/mol. The molecule has 0 aliphatic carbocycles. The Bertz CT molecular complexity index is 1090. The molecule has 9 heteroatoms. The van der Waals surface area contributed by atoms with Crippen LogP contribution in [0.4, 0.5) is 19.3 Å². The molecular weight excluding hydrogens is 380 g/mol. The largest absolute Gasteiger partial charge is 0.348 e. The van der Waals surface area contributed by atoms with Crippen molar-refractivity contribution >= 4 is 17.6 Å². The van der Waals surface area contributed by atoms with E-state index in [1.54, 1.807) is 13.0 Å². The number of hydrogen-bond acceptors (Lipinski definition) is 4. The van der Waals surface area contributed by atoms with Crippen LogP contribution in [-0.4, -0.2) is 23.4 Å². The highest BCUT2D eigenvalue weighted by molar-refractivity contribution is 5.95. The van der Waals surface area contributed by atoms with E-state index in [-0.39, 0.29) is 35.3 Å². The highest BCUT2D eigenvalue weighted by Crippen LogP contribution is 2.28. The van der Waals surface area contributed by atoms with Crippen LogP contribution >= 0.6 is 0 Å². The predicted molar refractivity (Wildman–Crippen MR) is 98.2 cm³/mol. The standard InChI is InChI=1S/C20H15F2N5O2/c1-11(13-3-2-12(7-23)6-17(13)22)25-19(28)10-27-9-15-14(8-24)16(21)4-5-18(15)26-20(27)29/h2-6,11H,9-10H2,1H3,(H,25,28)(H,26,29)/t11-/m0/s1. The van der Waals surface area contributed by atoms with E-state index in [1.165, 1.54) is 18.2 Å². The monoisotopic (exact) mass is 395 g/mol. The molecule has 29 heavy (non-hydrogen) atoms. The van der Waals surface area contributed by atoms with E-state index in [4.69, 9.17) is 10.5 Å². The molecule has 1 aliphatic rings. The molecule has 3 amide bonds. The van der Waals surface area contributed by atoms with E-state index in [2.05, 4.69) is 10.6 Å². The second-order valence-corrected chi connectivity index (χ2v) is 6.48. The molecular formula is C20H15F2N5O2. The summed E-state index contributed by atoms with van der Waals surface area (Å²) in [5.41, 5.74) is 0.762. The number of anilines is 1. The summed E-state index contributed by atoms with van der Waals surface area (Å²) in [4.78, 5) is 25.7. The first kappa shape index (κ1) is 19.8. The minimum atomic E-state index is -0.711. The van der Waals surface area contributed by atoms with E-state index in [0.29, 0.717) is 5.69 Å². The van der Waals surface area contributed by atoms with Crippen LogP contribution in [0.5, 0.6) is 0 Å². The van der Waals surface area contributed by atoms with Crippen LogP contribution in [0.1, 0.15) is 35.2 Å². The van der Waals surface area contributed by atoms with Gasteiger partial charge in [-0.05, 0) is 31.2 Å². The fourth-order valence-electron chi connectivity index (χ4n) is 3.09. The van der Waals surface area contributed by atoms with Gasteiger partial charge in [0.05, 0.1) is 29.8 Å². The molecule has 7 nitrogen and oxygen atoms in total. The highest BCUT2D eigenvalue weighted by Gasteiger charge is 2.28. The molecule has 0 fully saturated rings. The molecule has 1 aliphatic heterocycles. The summed E-state index contributed by atoms with van der Waals surface area (Å²) in [6.07, 6.45) is 0. The molecule has 0 spiro atoms. The molecule has 2 aromatic rings. The fourth-order valence-corrected chi connectivity index (χ4v) is 3.09. The number of amides is 3. The van der Waals surface area contributed by atoms with Crippen molar-refractivity contribution in [3.05, 3.63) is 64.2 Å². The predicted octanol–water partition coefficient (Wildman–Crippen LogP) is 2.93. The first-order valence-electron chi connectivity index (χ1n) is 8.60. The lowest BCUT2D eigenvalue weighted by molar-refractivity contribution is -0.122. The second-order valence-electron chi connectivity index (χ2n) is 6.48. The number of benzene rings is 2. The van der Waals surface area contributed by atoms with Crippen LogP contribution in [0.3, 0.4) is 0 Å². The van der Waals surface area contributed by atoms with Crippen LogP contribution in [-0.2, 0) is 11.3 Å². The van der Waals surface area contributed by atoms with Crippen molar-refractivity contribution in [1.29, 1.82) is 10.5 Å². The maximum atomic E-state index is 14.1. The van der Waals surface area contributed by atoms with Gasteiger partial charge in [0.1, 0.15) is 24.2 Å². The smallest absolute Gasteiger partial charge is 0.322 e. The van der Waals surface area contributed by atoms with Gasteiger partial charge in [-0.25, -0.2) is 13.6 Å². The van der Waals surface area contributed by atoms with E-state index >= 15 is 0 Å². The molecule has 0 aromatic heterocycles. The Morgan fingerprint density at radius 3 is 2.66 bits per heavy atom. The SMILES string of the molecule is C[C@H](NC(=O)CN1Cc2c(ccc(F)c2C#N)NC1=O)c1ccc(C#N)cc1F. The van der Waals surface area contributed by atoms with Gasteiger partial charge in [0, 0.05) is 16.8 Å². The molecule has 0 radical (unpaired) electrons. The Labute approximate surface area is 165 Å². The van der Waals surface area contributed by atoms with Gasteiger partial charge in [-0.2, -0.15) is 10.5 Å². The molecule has 2 aromatic carbocycles. The quantitative estimate of drug-likeness (QED) is 0.829. The van der Waals surface area contributed by atoms with Gasteiger partial charge in [-0.1, -0.05) is 6.07 Å². The lowest BCUT2D eigenvalue weighted by atomic mass is 10.0. The minimum Gasteiger partial charge on any atom is -0.348 e. The van der Waals surface area contributed by atoms with Gasteiger partial charge in [-0.3, -0.25) is 4.79 Å². The second kappa shape index (κ2) is 7.95. The molecule has 2 N–H and O–H groups in total. The Morgan fingerprint density at radius 1 is 1.24 bits per heavy atom. The topological polar surface area (TPSA) is 109 Å². The number of halogens is 2. The molecule has 1 atom stereocenters. The average Bonchev–Trinajstić information content (AvgIpc) is 2.68. The Balaban J connectivity index is 1.71. The summed E-state index contributed by atoms with van der Waals surface area (Å²) in [6, 6.07) is 8.68. The van der Waals surface area contributed by atoms with E-state index in [0.717, 1.165) is 17.0 Å². The van der Waals surface area contributed by atoms with Gasteiger partial charge < -0.3 is 15.5 Å². The number of hydrogen-bond donors (Lipinski definition) is 2. The van der Waals surface area contributed by atoms with Crippen LogP contribution < -0.4 is 10.6 Å². The molecule has 0 bridgehead atoms. The van der Waals surface area contributed by atoms with Gasteiger partial charge in [-0.15, -0.1) is 0 Å². The Hall–Kier alpha value is -3.98. The van der Waals surface area contributed by atoms with Crippen molar-refractivity contribution in [1.82, 2.24) is 10.2 Å². The molecule has 0 unspecified atom stereocenters. The van der Waals surface area contributed by atoms with Crippen molar-refractivity contribution in [2.75, 3.05) is 11.9 Å². The highest BCUT2D eigenvalue weighted by atomic mass is 19.1. The number of fused-ring (bicyclic) bond motifs is 1. The van der Waals surface area contributed by atoms with Crippen LogP contribution in [0, 0.1) is 34.3 Å². The van der Waals surface area contributed by atoms with Gasteiger partial charge in [0.2, 0.25) is 5.91 Å². The van der Waals surface area contributed by atoms with Crippen LogP contribution in [0.25, 0.3) is 0 Å². The van der Waals surface area contributed by atoms with E-state index in [9.17, 15) is 18.4 Å². The third-order valence-corrected chi connectivity index (χ3v) is 4.56. The zero-order chi connectivity index (χ0) is 21.1. The van der Waals surface area contributed by atoms with Crippen molar-refractivity contribution in [3.8, 4) is 12.1 Å². The Kier molecular flexibility index (Phi) is 5.42. The summed E-state index contributed by atoms with van der Waals surface area (Å²) in [7, 11) is 0. The summed E-state index contributed by atoms with van der Waals surface area (Å²) < 4.78 is 27.9. The maximum Gasteiger partial charge on any atom is 0.322 e. The molecule has 1 heterocycles. The number of rotatable bonds is 4. The van der Waals surface area contributed by atoms with Gasteiger partial charge in [0.15, 0.2) is 0 Å². The Morgan fingerprint density at radius 2 is 2.00 bits per heavy atom. The lowest BCUT2D eigenvalue weighted by Crippen LogP contribution is -2.45. The normalized spacial score (nSPS) is 13.6. The molecule has 0 saturated heterocycles. The van der Waals surface area contributed by atoms with Crippen molar-refractivity contribution in [2.24, 2.45) is 0 Å². The zero-order valence-corrected chi connectivity index (χ0v) is 15.3. The number of nitriles is 2. The lowest BCUT2D eigenvalue weighted by Gasteiger charge is -2.30. The summed E-state index contributed by atoms with van der Waals surface area (Å²) in [5, 5.41) is 23.1. The number of carbonyl (C=O) groups excluding carboxylic acids is 2.